The number of aliphatic hydroxyl groups is 1. The Balaban J connectivity index is 1.68. The monoisotopic (exact) mass is 262 g/mol. The van der Waals surface area contributed by atoms with Crippen molar-refractivity contribution >= 4 is 0 Å². The van der Waals surface area contributed by atoms with E-state index in [0.29, 0.717) is 6.04 Å². The molecule has 1 aromatic carbocycles. The Morgan fingerprint density at radius 3 is 2.84 bits per heavy atom. The Bertz CT molecular complexity index is 398. The second-order valence-electron chi connectivity index (χ2n) is 5.48. The fourth-order valence-corrected chi connectivity index (χ4v) is 3.09. The summed E-state index contributed by atoms with van der Waals surface area (Å²) < 4.78 is 5.58. The van der Waals surface area contributed by atoms with Crippen LogP contribution in [-0.2, 0) is 11.3 Å². The smallest absolute Gasteiger partial charge is 0.0634 e. The van der Waals surface area contributed by atoms with Gasteiger partial charge in [0, 0.05) is 38.3 Å². The van der Waals surface area contributed by atoms with Crippen molar-refractivity contribution in [2.45, 2.75) is 18.6 Å². The van der Waals surface area contributed by atoms with E-state index in [1.807, 2.05) is 6.07 Å². The summed E-state index contributed by atoms with van der Waals surface area (Å²) in [4.78, 5) is 4.86. The first-order valence-corrected chi connectivity index (χ1v) is 7.07. The van der Waals surface area contributed by atoms with Crippen LogP contribution in [0.2, 0.25) is 0 Å². The highest BCUT2D eigenvalue weighted by Crippen LogP contribution is 2.20. The molecule has 1 N–H and O–H groups in total. The van der Waals surface area contributed by atoms with Gasteiger partial charge < -0.3 is 9.84 Å². The SMILES string of the molecule is OC[C@@H]1CN2CCOCC2CN1Cc1ccccc1. The minimum absolute atomic E-state index is 0.233. The summed E-state index contributed by atoms with van der Waals surface area (Å²) >= 11 is 0. The molecule has 2 aliphatic heterocycles. The number of benzene rings is 1. The number of nitrogens with zero attached hydrogens (tertiary/aromatic N) is 2. The predicted molar refractivity (Wildman–Crippen MR) is 73.9 cm³/mol. The number of morpholine rings is 1. The molecule has 4 nitrogen and oxygen atoms in total. The van der Waals surface area contributed by atoms with Gasteiger partial charge in [-0.25, -0.2) is 0 Å². The van der Waals surface area contributed by atoms with Gasteiger partial charge in [-0.2, -0.15) is 0 Å². The lowest BCUT2D eigenvalue weighted by Gasteiger charge is -2.47. The third-order valence-corrected chi connectivity index (χ3v) is 4.20. The first kappa shape index (κ1) is 13.1. The second-order valence-corrected chi connectivity index (χ2v) is 5.48. The zero-order valence-corrected chi connectivity index (χ0v) is 11.2. The molecule has 0 radical (unpaired) electrons. The lowest BCUT2D eigenvalue weighted by atomic mass is 10.0. The molecule has 3 rings (SSSR count). The minimum Gasteiger partial charge on any atom is -0.395 e. The molecule has 2 heterocycles. The third kappa shape index (κ3) is 2.98. The number of piperazine rings is 1. The average Bonchev–Trinajstić information content (AvgIpc) is 2.47. The van der Waals surface area contributed by atoms with Crippen molar-refractivity contribution < 1.29 is 9.84 Å². The highest BCUT2D eigenvalue weighted by molar-refractivity contribution is 5.15. The van der Waals surface area contributed by atoms with Gasteiger partial charge in [0.05, 0.1) is 19.8 Å². The molecule has 1 aromatic rings. The number of fused-ring (bicyclic) bond motifs is 1. The van der Waals surface area contributed by atoms with Crippen LogP contribution in [0.5, 0.6) is 0 Å². The molecule has 1 unspecified atom stereocenters. The Hall–Kier alpha value is -0.940. The van der Waals surface area contributed by atoms with Gasteiger partial charge in [-0.15, -0.1) is 0 Å². The molecule has 0 aliphatic carbocycles. The summed E-state index contributed by atoms with van der Waals surface area (Å²) in [5.41, 5.74) is 1.31. The topological polar surface area (TPSA) is 35.9 Å². The van der Waals surface area contributed by atoms with E-state index in [9.17, 15) is 5.11 Å². The van der Waals surface area contributed by atoms with Gasteiger partial charge in [0.15, 0.2) is 0 Å². The van der Waals surface area contributed by atoms with Gasteiger partial charge in [-0.1, -0.05) is 30.3 Å². The van der Waals surface area contributed by atoms with Crippen molar-refractivity contribution in [3.05, 3.63) is 35.9 Å². The van der Waals surface area contributed by atoms with Gasteiger partial charge in [0.2, 0.25) is 0 Å². The standard InChI is InChI=1S/C15H22N2O2/c18-11-14-9-16-6-7-19-12-15(16)10-17(14)8-13-4-2-1-3-5-13/h1-5,14-15,18H,6-12H2/t14-,15?/m0/s1. The predicted octanol–water partition coefficient (Wildman–Crippen LogP) is 0.564. The summed E-state index contributed by atoms with van der Waals surface area (Å²) in [6.45, 7) is 5.74. The molecule has 0 bridgehead atoms. The Morgan fingerprint density at radius 1 is 1.21 bits per heavy atom. The summed E-state index contributed by atoms with van der Waals surface area (Å²) in [5, 5.41) is 9.63. The fraction of sp³-hybridized carbons (Fsp3) is 0.600. The molecule has 2 fully saturated rings. The second kappa shape index (κ2) is 6.01. The molecule has 2 atom stereocenters. The van der Waals surface area contributed by atoms with E-state index in [1.165, 1.54) is 5.56 Å². The first-order valence-electron chi connectivity index (χ1n) is 7.07. The van der Waals surface area contributed by atoms with Crippen LogP contribution >= 0.6 is 0 Å². The van der Waals surface area contributed by atoms with Crippen LogP contribution in [0, 0.1) is 0 Å². The lowest BCUT2D eigenvalue weighted by Crippen LogP contribution is -2.62. The lowest BCUT2D eigenvalue weighted by molar-refractivity contribution is -0.0742. The zero-order valence-electron chi connectivity index (χ0n) is 11.2. The number of aliphatic hydroxyl groups excluding tert-OH is 1. The van der Waals surface area contributed by atoms with Crippen LogP contribution in [0.25, 0.3) is 0 Å². The Kier molecular flexibility index (Phi) is 4.13. The van der Waals surface area contributed by atoms with Gasteiger partial charge in [0.1, 0.15) is 0 Å². The van der Waals surface area contributed by atoms with Crippen LogP contribution in [0.4, 0.5) is 0 Å². The number of rotatable bonds is 3. The zero-order chi connectivity index (χ0) is 13.1. The van der Waals surface area contributed by atoms with Crippen LogP contribution in [-0.4, -0.2) is 66.4 Å². The van der Waals surface area contributed by atoms with E-state index in [4.69, 9.17) is 4.74 Å². The van der Waals surface area contributed by atoms with Crippen LogP contribution < -0.4 is 0 Å². The highest BCUT2D eigenvalue weighted by Gasteiger charge is 2.34. The molecular formula is C15H22N2O2. The molecule has 4 heteroatoms. The van der Waals surface area contributed by atoms with E-state index in [0.717, 1.165) is 39.4 Å². The van der Waals surface area contributed by atoms with Gasteiger partial charge in [-0.05, 0) is 5.56 Å². The van der Waals surface area contributed by atoms with Crippen molar-refractivity contribution in [3.63, 3.8) is 0 Å². The molecule has 0 amide bonds. The van der Waals surface area contributed by atoms with Gasteiger partial charge >= 0.3 is 0 Å². The molecule has 19 heavy (non-hydrogen) atoms. The van der Waals surface area contributed by atoms with E-state index in [1.54, 1.807) is 0 Å². The molecule has 2 saturated heterocycles. The average molecular weight is 262 g/mol. The Morgan fingerprint density at radius 2 is 2.05 bits per heavy atom. The van der Waals surface area contributed by atoms with Crippen molar-refractivity contribution in [3.8, 4) is 0 Å². The summed E-state index contributed by atoms with van der Waals surface area (Å²) in [6.07, 6.45) is 0. The number of ether oxygens (including phenoxy) is 1. The van der Waals surface area contributed by atoms with E-state index >= 15 is 0 Å². The third-order valence-electron chi connectivity index (χ3n) is 4.20. The fourth-order valence-electron chi connectivity index (χ4n) is 3.09. The maximum Gasteiger partial charge on any atom is 0.0634 e. The minimum atomic E-state index is 0.233. The highest BCUT2D eigenvalue weighted by atomic mass is 16.5. The molecular weight excluding hydrogens is 240 g/mol. The first-order chi connectivity index (χ1) is 9.36. The van der Waals surface area contributed by atoms with Crippen molar-refractivity contribution in [1.82, 2.24) is 9.80 Å². The van der Waals surface area contributed by atoms with Gasteiger partial charge in [0.25, 0.3) is 0 Å². The van der Waals surface area contributed by atoms with E-state index < -0.39 is 0 Å². The number of hydrogen-bond donors (Lipinski definition) is 1. The molecule has 0 saturated carbocycles. The molecule has 0 aromatic heterocycles. The van der Waals surface area contributed by atoms with Crippen molar-refractivity contribution in [1.29, 1.82) is 0 Å². The van der Waals surface area contributed by atoms with Crippen molar-refractivity contribution in [2.24, 2.45) is 0 Å². The quantitative estimate of drug-likeness (QED) is 0.863. The van der Waals surface area contributed by atoms with E-state index in [-0.39, 0.29) is 12.6 Å². The van der Waals surface area contributed by atoms with Gasteiger partial charge in [-0.3, -0.25) is 9.80 Å². The van der Waals surface area contributed by atoms with Crippen LogP contribution in [0.1, 0.15) is 5.56 Å². The maximum absolute atomic E-state index is 9.63. The summed E-state index contributed by atoms with van der Waals surface area (Å²) in [7, 11) is 0. The largest absolute Gasteiger partial charge is 0.395 e. The van der Waals surface area contributed by atoms with E-state index in [2.05, 4.69) is 34.1 Å². The maximum atomic E-state index is 9.63. The molecule has 2 aliphatic rings. The number of hydrogen-bond acceptors (Lipinski definition) is 4. The van der Waals surface area contributed by atoms with Crippen LogP contribution in [0.3, 0.4) is 0 Å². The molecule has 0 spiro atoms. The molecule has 104 valence electrons. The Labute approximate surface area is 114 Å². The summed E-state index contributed by atoms with van der Waals surface area (Å²) in [5.74, 6) is 0. The normalized spacial score (nSPS) is 29.1. The summed E-state index contributed by atoms with van der Waals surface area (Å²) in [6, 6.07) is 11.2. The van der Waals surface area contributed by atoms with Crippen molar-refractivity contribution in [2.75, 3.05) is 39.5 Å². The van der Waals surface area contributed by atoms with Crippen LogP contribution in [0.15, 0.2) is 30.3 Å².